The predicted molar refractivity (Wildman–Crippen MR) is 64.3 cm³/mol. The van der Waals surface area contributed by atoms with E-state index < -0.39 is 11.9 Å². The average Bonchev–Trinajstić information content (AvgIpc) is 2.09. The summed E-state index contributed by atoms with van der Waals surface area (Å²) in [5.74, 6) is -1.51. The Labute approximate surface area is 98.4 Å². The van der Waals surface area contributed by atoms with Crippen molar-refractivity contribution in [2.75, 3.05) is 13.2 Å². The van der Waals surface area contributed by atoms with Gasteiger partial charge in [-0.1, -0.05) is 22.3 Å². The number of hydrogen-bond donors (Lipinski definition) is 2. The molecule has 0 aliphatic carbocycles. The zero-order valence-corrected chi connectivity index (χ0v) is 7.36. The highest BCUT2D eigenvalue weighted by atomic mass is 16.5. The third-order valence-electron chi connectivity index (χ3n) is 1.36. The number of aliphatic hydroxyl groups is 1. The van der Waals surface area contributed by atoms with E-state index in [0.717, 1.165) is 0 Å². The Morgan fingerprint density at radius 3 is 2.00 bits per heavy atom. The first-order chi connectivity index (χ1) is 6.16. The molecule has 5 nitrogen and oxygen atoms in total. The second-order valence-corrected chi connectivity index (χ2v) is 2.54. The van der Waals surface area contributed by atoms with E-state index in [-0.39, 0.29) is 48.3 Å². The summed E-state index contributed by atoms with van der Waals surface area (Å²) in [5.41, 5.74) is 0. The van der Waals surface area contributed by atoms with Crippen LogP contribution in [0.5, 0.6) is 0 Å². The van der Waals surface area contributed by atoms with E-state index in [1.165, 1.54) is 0 Å². The highest BCUT2D eigenvalue weighted by Gasteiger charge is 2.05. The van der Waals surface area contributed by atoms with Crippen LogP contribution in [0.3, 0.4) is 0 Å². The van der Waals surface area contributed by atoms with Crippen LogP contribution in [-0.2, 0) is 14.3 Å². The molecule has 0 amide bonds. The Balaban J connectivity index is -0.000000240. The molecule has 16 heavy (non-hydrogen) atoms. The summed E-state index contributed by atoms with van der Waals surface area (Å²) in [6, 6.07) is 0. The summed E-state index contributed by atoms with van der Waals surface area (Å²) in [6.07, 6.45) is 0.912. The number of unbranched alkanes of at least 4 members (excludes halogenated alkanes) is 1. The Bertz CT molecular complexity index is 168. The van der Waals surface area contributed by atoms with Crippen LogP contribution < -0.4 is 0 Å². The van der Waals surface area contributed by atoms with Gasteiger partial charge in [-0.25, -0.2) is 0 Å². The Morgan fingerprint density at radius 2 is 1.56 bits per heavy atom. The minimum Gasteiger partial charge on any atom is -0.481 e. The summed E-state index contributed by atoms with van der Waals surface area (Å²) < 4.78 is 4.68. The average molecular weight is 238 g/mol. The van der Waals surface area contributed by atoms with Gasteiger partial charge in [0, 0.05) is 6.61 Å². The van der Waals surface area contributed by atoms with Crippen LogP contribution in [0.2, 0.25) is 0 Å². The van der Waals surface area contributed by atoms with Crippen molar-refractivity contribution < 1.29 is 24.5 Å². The zero-order chi connectivity index (χ0) is 10.1. The lowest BCUT2D eigenvalue weighted by atomic mass is 10.3. The maximum atomic E-state index is 10.8. The smallest absolute Gasteiger partial charge is 0.306 e. The molecular formula is C11H26O5. The molecule has 0 saturated carbocycles. The normalized spacial score (nSPS) is 7.81. The first-order valence-electron chi connectivity index (χ1n) is 4.15. The maximum absolute atomic E-state index is 10.8. The molecule has 0 aliphatic rings. The topological polar surface area (TPSA) is 83.8 Å². The summed E-state index contributed by atoms with van der Waals surface area (Å²) in [5, 5.41) is 16.6. The summed E-state index contributed by atoms with van der Waals surface area (Å²) in [7, 11) is 0. The SMILES string of the molecule is C.C.C.O=C(O)CCC(=O)OCCCCO. The van der Waals surface area contributed by atoms with Crippen LogP contribution in [0.25, 0.3) is 0 Å². The number of carbonyl (C=O) groups is 2. The molecule has 0 spiro atoms. The standard InChI is InChI=1S/C8H14O5.3CH4/c9-5-1-2-6-13-8(12)4-3-7(10)11;;;/h9H,1-6H2,(H,10,11);3*1H4. The molecule has 0 aromatic heterocycles. The minimum absolute atomic E-state index is 0. The molecule has 0 bridgehead atoms. The molecule has 0 radical (unpaired) electrons. The third-order valence-corrected chi connectivity index (χ3v) is 1.36. The largest absolute Gasteiger partial charge is 0.481 e. The number of carboxylic acids is 1. The molecule has 5 heteroatoms. The fraction of sp³-hybridized carbons (Fsp3) is 0.818. The van der Waals surface area contributed by atoms with E-state index in [0.29, 0.717) is 12.8 Å². The van der Waals surface area contributed by atoms with Gasteiger partial charge in [0.05, 0.1) is 19.4 Å². The lowest BCUT2D eigenvalue weighted by Crippen LogP contribution is -2.08. The number of aliphatic hydroxyl groups excluding tert-OH is 1. The lowest BCUT2D eigenvalue weighted by Gasteiger charge is -2.02. The van der Waals surface area contributed by atoms with Gasteiger partial charge in [-0.15, -0.1) is 0 Å². The van der Waals surface area contributed by atoms with E-state index in [9.17, 15) is 9.59 Å². The molecule has 2 N–H and O–H groups in total. The van der Waals surface area contributed by atoms with Crippen molar-refractivity contribution in [3.63, 3.8) is 0 Å². The van der Waals surface area contributed by atoms with Crippen molar-refractivity contribution in [3.05, 3.63) is 0 Å². The van der Waals surface area contributed by atoms with Crippen molar-refractivity contribution in [2.24, 2.45) is 0 Å². The summed E-state index contributed by atoms with van der Waals surface area (Å²) in [6.45, 7) is 0.325. The molecule has 0 rings (SSSR count). The molecule has 0 aromatic rings. The monoisotopic (exact) mass is 238 g/mol. The Morgan fingerprint density at radius 1 is 1.00 bits per heavy atom. The van der Waals surface area contributed by atoms with Crippen molar-refractivity contribution in [2.45, 2.75) is 48.0 Å². The zero-order valence-electron chi connectivity index (χ0n) is 7.36. The first kappa shape index (κ1) is 24.2. The van der Waals surface area contributed by atoms with E-state index in [2.05, 4.69) is 4.74 Å². The van der Waals surface area contributed by atoms with E-state index in [1.54, 1.807) is 0 Å². The maximum Gasteiger partial charge on any atom is 0.306 e. The van der Waals surface area contributed by atoms with Crippen LogP contribution >= 0.6 is 0 Å². The number of ether oxygens (including phenoxy) is 1. The van der Waals surface area contributed by atoms with Gasteiger partial charge in [0.15, 0.2) is 0 Å². The van der Waals surface area contributed by atoms with E-state index in [1.807, 2.05) is 0 Å². The molecule has 0 heterocycles. The molecule has 0 fully saturated rings. The molecular weight excluding hydrogens is 212 g/mol. The highest BCUT2D eigenvalue weighted by Crippen LogP contribution is 1.95. The van der Waals surface area contributed by atoms with Gasteiger partial charge in [-0.05, 0) is 12.8 Å². The van der Waals surface area contributed by atoms with Gasteiger partial charge >= 0.3 is 11.9 Å². The number of esters is 1. The highest BCUT2D eigenvalue weighted by molar-refractivity contribution is 5.76. The van der Waals surface area contributed by atoms with Crippen LogP contribution in [0.15, 0.2) is 0 Å². The number of aliphatic carboxylic acids is 1. The quantitative estimate of drug-likeness (QED) is 0.524. The third kappa shape index (κ3) is 18.6. The van der Waals surface area contributed by atoms with Gasteiger partial charge in [-0.3, -0.25) is 9.59 Å². The Kier molecular flexibility index (Phi) is 24.7. The predicted octanol–water partition coefficient (Wildman–Crippen LogP) is 2.08. The number of hydrogen-bond acceptors (Lipinski definition) is 4. The van der Waals surface area contributed by atoms with Gasteiger partial charge in [0.2, 0.25) is 0 Å². The van der Waals surface area contributed by atoms with Crippen LogP contribution in [0.1, 0.15) is 48.0 Å². The van der Waals surface area contributed by atoms with E-state index in [4.69, 9.17) is 10.2 Å². The molecule has 0 aromatic carbocycles. The van der Waals surface area contributed by atoms with Crippen LogP contribution in [-0.4, -0.2) is 35.4 Å². The van der Waals surface area contributed by atoms with Crippen molar-refractivity contribution in [1.29, 1.82) is 0 Å². The second-order valence-electron chi connectivity index (χ2n) is 2.54. The van der Waals surface area contributed by atoms with Crippen molar-refractivity contribution in [1.82, 2.24) is 0 Å². The molecule has 0 atom stereocenters. The summed E-state index contributed by atoms with van der Waals surface area (Å²) in [4.78, 5) is 20.8. The molecule has 0 unspecified atom stereocenters. The van der Waals surface area contributed by atoms with Crippen molar-refractivity contribution in [3.8, 4) is 0 Å². The summed E-state index contributed by atoms with van der Waals surface area (Å²) >= 11 is 0. The number of carboxylic acid groups (broad SMARTS) is 1. The van der Waals surface area contributed by atoms with Crippen LogP contribution in [0, 0.1) is 0 Å². The fourth-order valence-corrected chi connectivity index (χ4v) is 0.681. The second kappa shape index (κ2) is 16.3. The van der Waals surface area contributed by atoms with Gasteiger partial charge in [0.1, 0.15) is 0 Å². The Hall–Kier alpha value is -1.10. The number of rotatable bonds is 7. The minimum atomic E-state index is -1.01. The first-order valence-corrected chi connectivity index (χ1v) is 4.15. The molecule has 100 valence electrons. The van der Waals surface area contributed by atoms with E-state index >= 15 is 0 Å². The van der Waals surface area contributed by atoms with Crippen molar-refractivity contribution >= 4 is 11.9 Å². The molecule has 0 aliphatic heterocycles. The molecule has 0 saturated heterocycles. The number of carbonyl (C=O) groups excluding carboxylic acids is 1. The van der Waals surface area contributed by atoms with Gasteiger partial charge in [-0.2, -0.15) is 0 Å². The lowest BCUT2D eigenvalue weighted by molar-refractivity contribution is -0.147. The fourth-order valence-electron chi connectivity index (χ4n) is 0.681. The van der Waals surface area contributed by atoms with Gasteiger partial charge < -0.3 is 14.9 Å². The van der Waals surface area contributed by atoms with Gasteiger partial charge in [0.25, 0.3) is 0 Å². The van der Waals surface area contributed by atoms with Crippen LogP contribution in [0.4, 0.5) is 0 Å².